The molecule has 19 heavy (non-hydrogen) atoms. The quantitative estimate of drug-likeness (QED) is 0.835. The average Bonchev–Trinajstić information content (AvgIpc) is 2.26. The minimum atomic E-state index is -3.59. The lowest BCUT2D eigenvalue weighted by Gasteiger charge is -2.34. The Morgan fingerprint density at radius 1 is 1.26 bits per heavy atom. The Bertz CT molecular complexity index is 563. The van der Waals surface area contributed by atoms with Crippen molar-refractivity contribution in [3.05, 3.63) is 29.6 Å². The van der Waals surface area contributed by atoms with Crippen molar-refractivity contribution in [2.45, 2.75) is 37.9 Å². The van der Waals surface area contributed by atoms with Crippen LogP contribution in [0.1, 0.15) is 19.4 Å². The van der Waals surface area contributed by atoms with Gasteiger partial charge in [-0.05, 0) is 44.5 Å². The third-order valence-corrected chi connectivity index (χ3v) is 5.13. The van der Waals surface area contributed by atoms with Crippen molar-refractivity contribution < 1.29 is 17.5 Å². The SMILES string of the molecule is Cc1cc(F)ccc1S(=O)(=O)N1CC(C)OC(C)C1. The number of sulfonamides is 1. The molecule has 1 aliphatic heterocycles. The number of ether oxygens (including phenoxy) is 1. The first kappa shape index (κ1) is 14.4. The molecule has 0 saturated carbocycles. The van der Waals surface area contributed by atoms with E-state index in [2.05, 4.69) is 0 Å². The van der Waals surface area contributed by atoms with Crippen molar-refractivity contribution in [3.8, 4) is 0 Å². The summed E-state index contributed by atoms with van der Waals surface area (Å²) < 4.78 is 45.1. The third kappa shape index (κ3) is 2.96. The van der Waals surface area contributed by atoms with Gasteiger partial charge < -0.3 is 4.74 Å². The summed E-state index contributed by atoms with van der Waals surface area (Å²) in [6.45, 7) is 5.93. The van der Waals surface area contributed by atoms with Crippen LogP contribution in [0.2, 0.25) is 0 Å². The zero-order chi connectivity index (χ0) is 14.2. The second kappa shape index (κ2) is 5.19. The highest BCUT2D eigenvalue weighted by Crippen LogP contribution is 2.24. The number of morpholine rings is 1. The maximum atomic E-state index is 13.1. The molecule has 0 amide bonds. The van der Waals surface area contributed by atoms with Gasteiger partial charge in [0.1, 0.15) is 5.82 Å². The van der Waals surface area contributed by atoms with Gasteiger partial charge in [-0.2, -0.15) is 4.31 Å². The molecule has 6 heteroatoms. The molecule has 1 saturated heterocycles. The molecular weight excluding hydrogens is 269 g/mol. The highest BCUT2D eigenvalue weighted by molar-refractivity contribution is 7.89. The van der Waals surface area contributed by atoms with Crippen LogP contribution in [0.3, 0.4) is 0 Å². The molecule has 0 N–H and O–H groups in total. The Labute approximate surface area is 113 Å². The summed E-state index contributed by atoms with van der Waals surface area (Å²) in [7, 11) is -3.59. The Balaban J connectivity index is 2.36. The zero-order valence-corrected chi connectivity index (χ0v) is 12.1. The van der Waals surface area contributed by atoms with Crippen LogP contribution in [0, 0.1) is 12.7 Å². The van der Waals surface area contributed by atoms with E-state index in [1.54, 1.807) is 6.92 Å². The van der Waals surface area contributed by atoms with Crippen molar-refractivity contribution >= 4 is 10.0 Å². The maximum absolute atomic E-state index is 13.1. The summed E-state index contributed by atoms with van der Waals surface area (Å²) in [6.07, 6.45) is -0.279. The van der Waals surface area contributed by atoms with Gasteiger partial charge in [-0.3, -0.25) is 0 Å². The van der Waals surface area contributed by atoms with Gasteiger partial charge in [0.05, 0.1) is 17.1 Å². The van der Waals surface area contributed by atoms with Gasteiger partial charge in [-0.15, -0.1) is 0 Å². The number of nitrogens with zero attached hydrogens (tertiary/aromatic N) is 1. The molecule has 0 radical (unpaired) electrons. The van der Waals surface area contributed by atoms with Crippen molar-refractivity contribution in [2.75, 3.05) is 13.1 Å². The van der Waals surface area contributed by atoms with Crippen molar-refractivity contribution in [1.82, 2.24) is 4.31 Å². The molecule has 0 aliphatic carbocycles. The lowest BCUT2D eigenvalue weighted by molar-refractivity contribution is -0.0440. The van der Waals surface area contributed by atoms with Crippen molar-refractivity contribution in [3.63, 3.8) is 0 Å². The van der Waals surface area contributed by atoms with E-state index in [9.17, 15) is 12.8 Å². The maximum Gasteiger partial charge on any atom is 0.243 e. The van der Waals surface area contributed by atoms with Gasteiger partial charge in [0.15, 0.2) is 0 Å². The van der Waals surface area contributed by atoms with Gasteiger partial charge in [-0.25, -0.2) is 12.8 Å². The van der Waals surface area contributed by atoms with Crippen molar-refractivity contribution in [1.29, 1.82) is 0 Å². The fourth-order valence-corrected chi connectivity index (χ4v) is 4.16. The molecule has 1 heterocycles. The van der Waals surface area contributed by atoms with Crippen LogP contribution in [-0.2, 0) is 14.8 Å². The zero-order valence-electron chi connectivity index (χ0n) is 11.3. The first-order valence-corrected chi connectivity index (χ1v) is 7.66. The predicted octanol–water partition coefficient (Wildman–Crippen LogP) is 1.93. The number of halogens is 1. The van der Waals surface area contributed by atoms with Crippen LogP contribution in [0.4, 0.5) is 4.39 Å². The van der Waals surface area contributed by atoms with Gasteiger partial charge in [0.25, 0.3) is 0 Å². The fourth-order valence-electron chi connectivity index (χ4n) is 2.37. The summed E-state index contributed by atoms with van der Waals surface area (Å²) in [5.41, 5.74) is 0.423. The normalized spacial score (nSPS) is 25.5. The number of benzene rings is 1. The van der Waals surface area contributed by atoms with E-state index in [-0.39, 0.29) is 17.1 Å². The summed E-state index contributed by atoms with van der Waals surface area (Å²) in [5.74, 6) is -0.430. The Kier molecular flexibility index (Phi) is 3.94. The number of hydrogen-bond donors (Lipinski definition) is 0. The average molecular weight is 287 g/mol. The van der Waals surface area contributed by atoms with Crippen LogP contribution in [0.25, 0.3) is 0 Å². The van der Waals surface area contributed by atoms with Crippen LogP contribution in [-0.4, -0.2) is 38.0 Å². The topological polar surface area (TPSA) is 46.6 Å². The second-order valence-electron chi connectivity index (χ2n) is 4.99. The lowest BCUT2D eigenvalue weighted by Crippen LogP contribution is -2.48. The summed E-state index contributed by atoms with van der Waals surface area (Å²) in [5, 5.41) is 0. The van der Waals surface area contributed by atoms with E-state index in [4.69, 9.17) is 4.74 Å². The summed E-state index contributed by atoms with van der Waals surface area (Å²) in [6, 6.07) is 3.73. The van der Waals surface area contributed by atoms with Crippen LogP contribution < -0.4 is 0 Å². The molecule has 0 aromatic heterocycles. The summed E-state index contributed by atoms with van der Waals surface area (Å²) in [4.78, 5) is 0.162. The van der Waals surface area contributed by atoms with E-state index >= 15 is 0 Å². The van der Waals surface area contributed by atoms with E-state index < -0.39 is 15.8 Å². The highest BCUT2D eigenvalue weighted by atomic mass is 32.2. The minimum Gasteiger partial charge on any atom is -0.373 e. The van der Waals surface area contributed by atoms with Crippen molar-refractivity contribution in [2.24, 2.45) is 0 Å². The third-order valence-electron chi connectivity index (χ3n) is 3.14. The predicted molar refractivity (Wildman–Crippen MR) is 69.9 cm³/mol. The lowest BCUT2D eigenvalue weighted by atomic mass is 10.2. The first-order chi connectivity index (χ1) is 8.80. The first-order valence-electron chi connectivity index (χ1n) is 6.22. The van der Waals surface area contributed by atoms with Gasteiger partial charge in [0, 0.05) is 13.1 Å². The molecule has 1 fully saturated rings. The van der Waals surface area contributed by atoms with Crippen LogP contribution in [0.15, 0.2) is 23.1 Å². The second-order valence-corrected chi connectivity index (χ2v) is 6.90. The molecule has 0 bridgehead atoms. The van der Waals surface area contributed by atoms with Crippen LogP contribution in [0.5, 0.6) is 0 Å². The molecule has 106 valence electrons. The molecule has 2 rings (SSSR count). The molecule has 2 atom stereocenters. The number of aryl methyl sites for hydroxylation is 1. The fraction of sp³-hybridized carbons (Fsp3) is 0.538. The molecule has 1 aromatic rings. The van der Waals surface area contributed by atoms with E-state index in [0.717, 1.165) is 0 Å². The smallest absolute Gasteiger partial charge is 0.243 e. The number of hydrogen-bond acceptors (Lipinski definition) is 3. The van der Waals surface area contributed by atoms with Gasteiger partial charge in [0.2, 0.25) is 10.0 Å². The molecule has 2 unspecified atom stereocenters. The van der Waals surface area contributed by atoms with E-state index in [1.807, 2.05) is 13.8 Å². The van der Waals surface area contributed by atoms with Gasteiger partial charge >= 0.3 is 0 Å². The molecule has 1 aromatic carbocycles. The van der Waals surface area contributed by atoms with Gasteiger partial charge in [-0.1, -0.05) is 0 Å². The van der Waals surface area contributed by atoms with E-state index in [1.165, 1.54) is 22.5 Å². The highest BCUT2D eigenvalue weighted by Gasteiger charge is 2.32. The molecule has 0 spiro atoms. The minimum absolute atomic E-state index is 0.140. The standard InChI is InChI=1S/C13H18FNO3S/c1-9-6-12(14)4-5-13(9)19(16,17)15-7-10(2)18-11(3)8-15/h4-6,10-11H,7-8H2,1-3H3. The number of rotatable bonds is 2. The summed E-state index contributed by atoms with van der Waals surface area (Å²) >= 11 is 0. The largest absolute Gasteiger partial charge is 0.373 e. The van der Waals surface area contributed by atoms with E-state index in [0.29, 0.717) is 18.7 Å². The molecule has 1 aliphatic rings. The Morgan fingerprint density at radius 3 is 2.37 bits per heavy atom. The Morgan fingerprint density at radius 2 is 1.84 bits per heavy atom. The Hall–Kier alpha value is -0.980. The molecule has 4 nitrogen and oxygen atoms in total. The monoisotopic (exact) mass is 287 g/mol. The molecular formula is C13H18FNO3S. The van der Waals surface area contributed by atoms with Crippen LogP contribution >= 0.6 is 0 Å².